The van der Waals surface area contributed by atoms with Crippen LogP contribution in [0.2, 0.25) is 0 Å². The Hall–Kier alpha value is -2.21. The molecule has 6 rings (SSSR count). The maximum Gasteiger partial charge on any atom is 0.313 e. The standard InChI is InChI=1S/C14H17IN5O2P.C13H16N2S/c1-9-3-2-4-19(8-9)14(22)13(21)18-11-6-16-7-12-10(11)5-17-20(12)23-15;1-2-6-12-11(5-1)14-13(16-12)7-10-15-8-3-4-9-15/h5-7,9,23H,2-4,8H2,1H3,(H,18,21);1-2,5-6H,3-4,7-10H2. The van der Waals surface area contributed by atoms with Crippen molar-refractivity contribution in [2.24, 2.45) is 5.92 Å². The van der Waals surface area contributed by atoms with Gasteiger partial charge < -0.3 is 15.1 Å². The molecule has 2 saturated heterocycles. The highest BCUT2D eigenvalue weighted by atomic mass is 127. The number of pyridine rings is 1. The number of anilines is 1. The van der Waals surface area contributed by atoms with Gasteiger partial charge in [-0.15, -0.1) is 11.3 Å². The maximum atomic E-state index is 12.3. The third kappa shape index (κ3) is 7.11. The zero-order valence-corrected chi connectivity index (χ0v) is 25.9. The van der Waals surface area contributed by atoms with E-state index in [4.69, 9.17) is 0 Å². The Bertz CT molecular complexity index is 1410. The number of nitrogens with one attached hydrogen (secondary N) is 1. The summed E-state index contributed by atoms with van der Waals surface area (Å²) >= 11 is 4.07. The van der Waals surface area contributed by atoms with Gasteiger partial charge in [0.2, 0.25) is 0 Å². The molecule has 5 heterocycles. The molecule has 9 nitrogen and oxygen atoms in total. The van der Waals surface area contributed by atoms with E-state index in [-0.39, 0.29) is 0 Å². The Kier molecular flexibility index (Phi) is 9.75. The summed E-state index contributed by atoms with van der Waals surface area (Å²) in [6.07, 6.45) is 11.3. The van der Waals surface area contributed by atoms with Crippen molar-refractivity contribution in [3.05, 3.63) is 47.9 Å². The topological polar surface area (TPSA) is 96.2 Å². The number of rotatable bonds is 5. The Labute approximate surface area is 247 Å². The summed E-state index contributed by atoms with van der Waals surface area (Å²) in [5.41, 5.74) is 2.52. The van der Waals surface area contributed by atoms with Crippen LogP contribution in [0.1, 0.15) is 37.6 Å². The fraction of sp³-hybridized carbons (Fsp3) is 0.444. The molecule has 2 aliphatic heterocycles. The lowest BCUT2D eigenvalue weighted by Gasteiger charge is -2.30. The van der Waals surface area contributed by atoms with Crippen LogP contribution >= 0.6 is 39.8 Å². The fourth-order valence-corrected chi connectivity index (χ4v) is 7.57. The first-order chi connectivity index (χ1) is 19.0. The van der Waals surface area contributed by atoms with Crippen LogP contribution in [0.5, 0.6) is 0 Å². The molecular formula is C27H33IN7O2PS. The normalized spacial score (nSPS) is 18.1. The lowest BCUT2D eigenvalue weighted by atomic mass is 10.0. The Morgan fingerprint density at radius 2 is 1.95 bits per heavy atom. The van der Waals surface area contributed by atoms with Crippen LogP contribution < -0.4 is 5.32 Å². The third-order valence-electron chi connectivity index (χ3n) is 7.14. The van der Waals surface area contributed by atoms with E-state index in [2.05, 4.69) is 78.5 Å². The molecule has 0 radical (unpaired) electrons. The van der Waals surface area contributed by atoms with Crippen LogP contribution in [0.15, 0.2) is 42.9 Å². The molecular weight excluding hydrogens is 644 g/mol. The van der Waals surface area contributed by atoms with Gasteiger partial charge in [-0.05, 0) is 78.9 Å². The first-order valence-corrected chi connectivity index (χ1v) is 18.2. The second kappa shape index (κ2) is 13.4. The molecule has 2 fully saturated rings. The van der Waals surface area contributed by atoms with E-state index in [1.165, 1.54) is 42.2 Å². The van der Waals surface area contributed by atoms with Crippen LogP contribution in [0.3, 0.4) is 0 Å². The number of benzene rings is 1. The van der Waals surface area contributed by atoms with Crippen molar-refractivity contribution in [2.75, 3.05) is 38.0 Å². The minimum atomic E-state index is -0.613. The zero-order chi connectivity index (χ0) is 27.2. The summed E-state index contributed by atoms with van der Waals surface area (Å²) in [7, 11) is 0. The molecule has 12 heteroatoms. The maximum absolute atomic E-state index is 12.3. The molecule has 3 aromatic heterocycles. The second-order valence-electron chi connectivity index (χ2n) is 10.1. The Morgan fingerprint density at radius 1 is 1.13 bits per heavy atom. The van der Waals surface area contributed by atoms with Crippen molar-refractivity contribution in [3.8, 4) is 0 Å². The SMILES string of the molecule is CC1CCCN(C(=O)C(=O)Nc2cncc3c2cnn3PI)C1.c1ccc2sc(CCN3CCCC3)nc2c1. The summed E-state index contributed by atoms with van der Waals surface area (Å²) < 4.78 is 3.13. The molecule has 0 bridgehead atoms. The minimum Gasteiger partial charge on any atom is -0.334 e. The van der Waals surface area contributed by atoms with Crippen molar-refractivity contribution in [2.45, 2.75) is 39.0 Å². The Balaban J connectivity index is 0.000000168. The van der Waals surface area contributed by atoms with E-state index in [1.54, 1.807) is 23.5 Å². The number of hydrogen-bond donors (Lipinski definition) is 1. The van der Waals surface area contributed by atoms with Gasteiger partial charge in [-0.1, -0.05) is 19.1 Å². The molecule has 2 atom stereocenters. The minimum absolute atomic E-state index is 0.438. The van der Waals surface area contributed by atoms with Gasteiger partial charge in [0.25, 0.3) is 0 Å². The summed E-state index contributed by atoms with van der Waals surface area (Å²) in [5.74, 6) is -0.650. The van der Waals surface area contributed by atoms with E-state index in [0.717, 1.165) is 35.7 Å². The molecule has 0 saturated carbocycles. The summed E-state index contributed by atoms with van der Waals surface area (Å²) in [6, 6.07) is 8.41. The van der Waals surface area contributed by atoms with E-state index in [9.17, 15) is 9.59 Å². The number of halogens is 1. The van der Waals surface area contributed by atoms with Gasteiger partial charge in [-0.25, -0.2) is 9.44 Å². The number of carbonyl (C=O) groups excluding carboxylic acids is 2. The zero-order valence-electron chi connectivity index (χ0n) is 22.0. The molecule has 2 amide bonds. The summed E-state index contributed by atoms with van der Waals surface area (Å²) in [4.78, 5) is 37.6. The van der Waals surface area contributed by atoms with Crippen molar-refractivity contribution in [3.63, 3.8) is 0 Å². The number of thiazole rings is 1. The highest BCUT2D eigenvalue weighted by molar-refractivity contribution is 14.2. The molecule has 4 aromatic rings. The smallest absolute Gasteiger partial charge is 0.313 e. The number of nitrogens with zero attached hydrogens (tertiary/aromatic N) is 6. The van der Waals surface area contributed by atoms with Gasteiger partial charge in [0.15, 0.2) is 0 Å². The fourth-order valence-electron chi connectivity index (χ4n) is 5.09. The number of carbonyl (C=O) groups is 2. The number of para-hydroxylation sites is 1. The van der Waals surface area contributed by atoms with Gasteiger partial charge in [0.1, 0.15) is 0 Å². The molecule has 39 heavy (non-hydrogen) atoms. The van der Waals surface area contributed by atoms with Gasteiger partial charge in [0, 0.05) is 31.4 Å². The highest BCUT2D eigenvalue weighted by Gasteiger charge is 2.26. The summed E-state index contributed by atoms with van der Waals surface area (Å²) in [6.45, 7) is 7.13. The molecule has 2 aliphatic rings. The average Bonchev–Trinajstić information content (AvgIpc) is 3.71. The quantitative estimate of drug-likeness (QED) is 0.174. The predicted octanol–water partition coefficient (Wildman–Crippen LogP) is 5.35. The molecule has 1 N–H and O–H groups in total. The number of piperidine rings is 1. The molecule has 0 spiro atoms. The second-order valence-corrected chi connectivity index (χ2v) is 13.2. The predicted molar refractivity (Wildman–Crippen MR) is 168 cm³/mol. The van der Waals surface area contributed by atoms with Gasteiger partial charge >= 0.3 is 11.8 Å². The van der Waals surface area contributed by atoms with E-state index in [1.807, 2.05) is 15.8 Å². The number of likely N-dealkylation sites (tertiary alicyclic amines) is 2. The van der Waals surface area contributed by atoms with Gasteiger partial charge in [0.05, 0.1) is 51.4 Å². The van der Waals surface area contributed by atoms with E-state index >= 15 is 0 Å². The van der Waals surface area contributed by atoms with E-state index in [0.29, 0.717) is 31.1 Å². The lowest BCUT2D eigenvalue weighted by Crippen LogP contribution is -2.44. The van der Waals surface area contributed by atoms with Crippen molar-refractivity contribution in [1.82, 2.24) is 29.3 Å². The van der Waals surface area contributed by atoms with Crippen LogP contribution in [-0.2, 0) is 16.0 Å². The largest absolute Gasteiger partial charge is 0.334 e. The number of hydrogen-bond acceptors (Lipinski definition) is 7. The summed E-state index contributed by atoms with van der Waals surface area (Å²) in [5, 5.41) is 9.02. The van der Waals surface area contributed by atoms with E-state index < -0.39 is 11.8 Å². The molecule has 0 aliphatic carbocycles. The van der Waals surface area contributed by atoms with Gasteiger partial charge in [-0.3, -0.25) is 14.6 Å². The van der Waals surface area contributed by atoms with Gasteiger partial charge in [-0.2, -0.15) is 5.10 Å². The van der Waals surface area contributed by atoms with Crippen molar-refractivity contribution < 1.29 is 9.59 Å². The third-order valence-corrected chi connectivity index (χ3v) is 10.1. The average molecular weight is 678 g/mol. The lowest BCUT2D eigenvalue weighted by molar-refractivity contribution is -0.144. The van der Waals surface area contributed by atoms with Crippen molar-refractivity contribution in [1.29, 1.82) is 0 Å². The monoisotopic (exact) mass is 677 g/mol. The number of amides is 2. The molecule has 1 aromatic carbocycles. The number of aromatic nitrogens is 4. The van der Waals surface area contributed by atoms with Crippen molar-refractivity contribution >= 4 is 78.4 Å². The van der Waals surface area contributed by atoms with Crippen LogP contribution in [0.25, 0.3) is 21.1 Å². The number of fused-ring (bicyclic) bond motifs is 2. The Morgan fingerprint density at radius 3 is 2.72 bits per heavy atom. The first kappa shape index (κ1) is 28.3. The molecule has 2 unspecified atom stereocenters. The van der Waals surface area contributed by atoms with Crippen LogP contribution in [0, 0.1) is 5.92 Å². The van der Waals surface area contributed by atoms with Crippen LogP contribution in [0.4, 0.5) is 5.69 Å². The molecule has 206 valence electrons. The highest BCUT2D eigenvalue weighted by Crippen LogP contribution is 2.30. The van der Waals surface area contributed by atoms with Crippen LogP contribution in [-0.4, -0.2) is 73.9 Å². The first-order valence-electron chi connectivity index (χ1n) is 13.4.